The van der Waals surface area contributed by atoms with Crippen LogP contribution in [0, 0.1) is 0 Å². The Labute approximate surface area is 99.8 Å². The summed E-state index contributed by atoms with van der Waals surface area (Å²) in [6.45, 7) is 0.330. The number of carboxylic acids is 1. The number of methoxy groups -OCH3 is 1. The smallest absolute Gasteiger partial charge is 0.303 e. The molecule has 0 spiro atoms. The van der Waals surface area contributed by atoms with Crippen LogP contribution in [0.4, 0.5) is 0 Å². The van der Waals surface area contributed by atoms with E-state index in [0.29, 0.717) is 18.6 Å². The van der Waals surface area contributed by atoms with Gasteiger partial charge in [-0.15, -0.1) is 0 Å². The zero-order chi connectivity index (χ0) is 12.8. The average molecular weight is 239 g/mol. The van der Waals surface area contributed by atoms with Crippen LogP contribution in [-0.2, 0) is 16.1 Å². The Morgan fingerprint density at radius 3 is 2.76 bits per heavy atom. The number of phenolic OH excluding ortho intramolecular Hbond substituents is 1. The lowest BCUT2D eigenvalue weighted by atomic mass is 10.0. The number of nitrogens with two attached hydrogens (primary N) is 1. The number of hydrogen-bond donors (Lipinski definition) is 3. The van der Waals surface area contributed by atoms with Gasteiger partial charge < -0.3 is 20.7 Å². The fourth-order valence-electron chi connectivity index (χ4n) is 1.53. The van der Waals surface area contributed by atoms with Crippen molar-refractivity contribution >= 4 is 5.97 Å². The summed E-state index contributed by atoms with van der Waals surface area (Å²) in [4.78, 5) is 10.4. The highest BCUT2D eigenvalue weighted by Crippen LogP contribution is 2.24. The lowest BCUT2D eigenvalue weighted by Gasteiger charge is -2.12. The quantitative estimate of drug-likeness (QED) is 0.697. The zero-order valence-electron chi connectivity index (χ0n) is 9.72. The van der Waals surface area contributed by atoms with Gasteiger partial charge in [0.1, 0.15) is 5.75 Å². The molecule has 1 unspecified atom stereocenters. The molecule has 0 saturated carbocycles. The van der Waals surface area contributed by atoms with E-state index in [2.05, 4.69) is 0 Å². The number of carbonyl (C=O) groups is 1. The first-order valence-corrected chi connectivity index (χ1v) is 5.32. The van der Waals surface area contributed by atoms with E-state index in [0.717, 1.165) is 5.56 Å². The van der Waals surface area contributed by atoms with Crippen molar-refractivity contribution in [3.05, 3.63) is 29.3 Å². The Kier molecular flexibility index (Phi) is 4.93. The van der Waals surface area contributed by atoms with Crippen molar-refractivity contribution in [1.82, 2.24) is 0 Å². The molecule has 17 heavy (non-hydrogen) atoms. The molecule has 0 aliphatic heterocycles. The van der Waals surface area contributed by atoms with Gasteiger partial charge in [0.15, 0.2) is 0 Å². The molecule has 0 heterocycles. The van der Waals surface area contributed by atoms with Gasteiger partial charge in [0.05, 0.1) is 6.61 Å². The van der Waals surface area contributed by atoms with E-state index in [4.69, 9.17) is 15.6 Å². The molecular weight excluding hydrogens is 222 g/mol. The van der Waals surface area contributed by atoms with Crippen molar-refractivity contribution in [3.63, 3.8) is 0 Å². The lowest BCUT2D eigenvalue weighted by molar-refractivity contribution is -0.137. The summed E-state index contributed by atoms with van der Waals surface area (Å²) < 4.78 is 4.92. The molecule has 0 fully saturated rings. The molecular formula is C12H17NO4. The minimum Gasteiger partial charge on any atom is -0.508 e. The Morgan fingerprint density at radius 1 is 1.53 bits per heavy atom. The van der Waals surface area contributed by atoms with Crippen LogP contribution >= 0.6 is 0 Å². The standard InChI is InChI=1S/C12H17NO4/c1-17-7-9-3-2-8(6-11(9)14)10(13)4-5-12(15)16/h2-3,6,10,14H,4-5,7,13H2,1H3,(H,15,16). The topological polar surface area (TPSA) is 92.8 Å². The highest BCUT2D eigenvalue weighted by Gasteiger charge is 2.10. The van der Waals surface area contributed by atoms with Crippen molar-refractivity contribution in [2.45, 2.75) is 25.5 Å². The van der Waals surface area contributed by atoms with Crippen LogP contribution in [0.3, 0.4) is 0 Å². The molecule has 5 nitrogen and oxygen atoms in total. The highest BCUT2D eigenvalue weighted by molar-refractivity contribution is 5.66. The van der Waals surface area contributed by atoms with Gasteiger partial charge >= 0.3 is 5.97 Å². The van der Waals surface area contributed by atoms with Crippen LogP contribution in [0.25, 0.3) is 0 Å². The molecule has 1 aromatic rings. The Bertz CT molecular complexity index is 392. The first kappa shape index (κ1) is 13.5. The maximum absolute atomic E-state index is 10.4. The van der Waals surface area contributed by atoms with Gasteiger partial charge in [-0.2, -0.15) is 0 Å². The molecule has 94 valence electrons. The van der Waals surface area contributed by atoms with Crippen LogP contribution in [0.15, 0.2) is 18.2 Å². The van der Waals surface area contributed by atoms with Gasteiger partial charge in [0.25, 0.3) is 0 Å². The van der Waals surface area contributed by atoms with E-state index in [1.54, 1.807) is 25.3 Å². The van der Waals surface area contributed by atoms with Crippen LogP contribution in [0.2, 0.25) is 0 Å². The monoisotopic (exact) mass is 239 g/mol. The minimum atomic E-state index is -0.874. The molecule has 0 saturated heterocycles. The molecule has 0 aliphatic carbocycles. The van der Waals surface area contributed by atoms with Crippen LogP contribution in [0.1, 0.15) is 30.0 Å². The van der Waals surface area contributed by atoms with Crippen LogP contribution in [-0.4, -0.2) is 23.3 Å². The van der Waals surface area contributed by atoms with Crippen molar-refractivity contribution in [1.29, 1.82) is 0 Å². The molecule has 0 amide bonds. The van der Waals surface area contributed by atoms with Gasteiger partial charge in [-0.05, 0) is 18.1 Å². The Hall–Kier alpha value is -1.59. The molecule has 1 aromatic carbocycles. The molecule has 0 aliphatic rings. The first-order valence-electron chi connectivity index (χ1n) is 5.32. The van der Waals surface area contributed by atoms with E-state index in [1.807, 2.05) is 0 Å². The summed E-state index contributed by atoms with van der Waals surface area (Å²) in [6, 6.07) is 4.68. The van der Waals surface area contributed by atoms with Gasteiger partial charge in [0, 0.05) is 25.1 Å². The van der Waals surface area contributed by atoms with Gasteiger partial charge in [-0.25, -0.2) is 0 Å². The molecule has 1 rings (SSSR count). The minimum absolute atomic E-state index is 0.0156. The van der Waals surface area contributed by atoms with Crippen molar-refractivity contribution < 1.29 is 19.7 Å². The third-order valence-corrected chi connectivity index (χ3v) is 2.51. The summed E-state index contributed by atoms with van der Waals surface area (Å²) in [5.74, 6) is -0.754. The Morgan fingerprint density at radius 2 is 2.24 bits per heavy atom. The molecule has 0 bridgehead atoms. The fourth-order valence-corrected chi connectivity index (χ4v) is 1.53. The summed E-state index contributed by atoms with van der Waals surface area (Å²) >= 11 is 0. The third kappa shape index (κ3) is 4.05. The number of phenols is 1. The summed E-state index contributed by atoms with van der Waals surface area (Å²) in [5.41, 5.74) is 7.24. The molecule has 0 aromatic heterocycles. The Balaban J connectivity index is 2.71. The SMILES string of the molecule is COCc1ccc(C(N)CCC(=O)O)cc1O. The molecule has 5 heteroatoms. The van der Waals surface area contributed by atoms with Crippen molar-refractivity contribution in [2.24, 2.45) is 5.73 Å². The maximum atomic E-state index is 10.4. The molecule has 0 radical (unpaired) electrons. The van der Waals surface area contributed by atoms with Gasteiger partial charge in [0.2, 0.25) is 0 Å². The zero-order valence-corrected chi connectivity index (χ0v) is 9.72. The van der Waals surface area contributed by atoms with E-state index >= 15 is 0 Å². The summed E-state index contributed by atoms with van der Waals surface area (Å²) in [7, 11) is 1.55. The number of ether oxygens (including phenoxy) is 1. The average Bonchev–Trinajstić information content (AvgIpc) is 2.28. The summed E-state index contributed by atoms with van der Waals surface area (Å²) in [6.07, 6.45) is 0.361. The second-order valence-electron chi connectivity index (χ2n) is 3.86. The number of carboxylic acid groups (broad SMARTS) is 1. The van der Waals surface area contributed by atoms with Crippen molar-refractivity contribution in [3.8, 4) is 5.75 Å². The number of benzene rings is 1. The largest absolute Gasteiger partial charge is 0.508 e. The third-order valence-electron chi connectivity index (χ3n) is 2.51. The van der Waals surface area contributed by atoms with E-state index in [-0.39, 0.29) is 18.2 Å². The first-order chi connectivity index (χ1) is 8.04. The number of rotatable bonds is 6. The number of aliphatic carboxylic acids is 1. The normalized spacial score (nSPS) is 12.4. The number of hydrogen-bond acceptors (Lipinski definition) is 4. The number of aromatic hydroxyl groups is 1. The van der Waals surface area contributed by atoms with Gasteiger partial charge in [-0.3, -0.25) is 4.79 Å². The van der Waals surface area contributed by atoms with Crippen molar-refractivity contribution in [2.75, 3.05) is 7.11 Å². The van der Waals surface area contributed by atoms with E-state index < -0.39 is 5.97 Å². The predicted octanol–water partition coefficient (Wildman–Crippen LogP) is 1.40. The summed E-state index contributed by atoms with van der Waals surface area (Å²) in [5, 5.41) is 18.3. The lowest BCUT2D eigenvalue weighted by Crippen LogP contribution is -2.12. The van der Waals surface area contributed by atoms with Crippen LogP contribution in [0.5, 0.6) is 5.75 Å². The predicted molar refractivity (Wildman–Crippen MR) is 62.6 cm³/mol. The van der Waals surface area contributed by atoms with Gasteiger partial charge in [-0.1, -0.05) is 12.1 Å². The molecule has 4 N–H and O–H groups in total. The molecule has 1 atom stereocenters. The maximum Gasteiger partial charge on any atom is 0.303 e. The second kappa shape index (κ2) is 6.22. The fraction of sp³-hybridized carbons (Fsp3) is 0.417. The van der Waals surface area contributed by atoms with E-state index in [1.165, 1.54) is 0 Å². The van der Waals surface area contributed by atoms with E-state index in [9.17, 15) is 9.90 Å². The van der Waals surface area contributed by atoms with Crippen LogP contribution < -0.4 is 5.73 Å². The second-order valence-corrected chi connectivity index (χ2v) is 3.86. The highest BCUT2D eigenvalue weighted by atomic mass is 16.5.